The molecule has 1 unspecified atom stereocenters. The number of fused-ring (bicyclic) bond motifs is 1. The molecule has 2 heterocycles. The predicted octanol–water partition coefficient (Wildman–Crippen LogP) is 3.63. The van der Waals surface area contributed by atoms with Crippen LogP contribution in [-0.4, -0.2) is 40.2 Å². The van der Waals surface area contributed by atoms with Crippen molar-refractivity contribution in [1.82, 2.24) is 20.0 Å². The minimum absolute atomic E-state index is 0.0668. The zero-order chi connectivity index (χ0) is 21.1. The van der Waals surface area contributed by atoms with E-state index in [9.17, 15) is 4.79 Å². The lowest BCUT2D eigenvalue weighted by molar-refractivity contribution is 0.0767. The van der Waals surface area contributed by atoms with E-state index in [1.165, 1.54) is 5.56 Å². The molecule has 0 saturated heterocycles. The molecule has 0 bridgehead atoms. The number of nitrogens with one attached hydrogen (secondary N) is 1. The van der Waals surface area contributed by atoms with Gasteiger partial charge >= 0.3 is 0 Å². The molecule has 0 spiro atoms. The average Bonchev–Trinajstić information content (AvgIpc) is 3.35. The standard InChI is InChI=1S/C23H27ClN4O2/c1-27(15-19-7-4-12-30-19)23(29)22-20-14-18(8-9-21(20)28(2)26-22)25-11-10-16-5-3-6-17(24)13-16/h3-7,12-13,18,25H,8-11,14-15H2,1-2H3. The fourth-order valence-corrected chi connectivity index (χ4v) is 4.35. The largest absolute Gasteiger partial charge is 0.467 e. The molecule has 1 amide bonds. The molecule has 158 valence electrons. The second-order valence-corrected chi connectivity index (χ2v) is 8.35. The number of amides is 1. The summed E-state index contributed by atoms with van der Waals surface area (Å²) in [6.07, 6.45) is 5.32. The number of benzene rings is 1. The first-order chi connectivity index (χ1) is 14.5. The normalized spacial score (nSPS) is 15.8. The van der Waals surface area contributed by atoms with Crippen molar-refractivity contribution in [2.24, 2.45) is 7.05 Å². The van der Waals surface area contributed by atoms with Gasteiger partial charge in [0.25, 0.3) is 5.91 Å². The Morgan fingerprint density at radius 3 is 3.00 bits per heavy atom. The number of furan rings is 1. The minimum Gasteiger partial charge on any atom is -0.467 e. The number of nitrogens with zero attached hydrogens (tertiary/aromatic N) is 3. The Morgan fingerprint density at radius 2 is 2.23 bits per heavy atom. The predicted molar refractivity (Wildman–Crippen MR) is 117 cm³/mol. The van der Waals surface area contributed by atoms with E-state index >= 15 is 0 Å². The average molecular weight is 427 g/mol. The monoisotopic (exact) mass is 426 g/mol. The molecule has 1 aliphatic carbocycles. The van der Waals surface area contributed by atoms with Crippen molar-refractivity contribution in [3.63, 3.8) is 0 Å². The van der Waals surface area contributed by atoms with E-state index < -0.39 is 0 Å². The molecule has 6 nitrogen and oxygen atoms in total. The highest BCUT2D eigenvalue weighted by Crippen LogP contribution is 2.25. The summed E-state index contributed by atoms with van der Waals surface area (Å²) in [5.74, 6) is 0.694. The molecule has 0 saturated carbocycles. The van der Waals surface area contributed by atoms with E-state index in [4.69, 9.17) is 16.0 Å². The second kappa shape index (κ2) is 9.06. The van der Waals surface area contributed by atoms with Crippen LogP contribution in [0.1, 0.15) is 39.5 Å². The summed E-state index contributed by atoms with van der Waals surface area (Å²) in [6.45, 7) is 1.31. The van der Waals surface area contributed by atoms with Crippen molar-refractivity contribution in [2.75, 3.05) is 13.6 Å². The van der Waals surface area contributed by atoms with Gasteiger partial charge in [-0.1, -0.05) is 23.7 Å². The summed E-state index contributed by atoms with van der Waals surface area (Å²) < 4.78 is 7.24. The van der Waals surface area contributed by atoms with Gasteiger partial charge < -0.3 is 14.6 Å². The van der Waals surface area contributed by atoms with Gasteiger partial charge in [-0.3, -0.25) is 9.48 Å². The van der Waals surface area contributed by atoms with Crippen LogP contribution >= 0.6 is 11.6 Å². The van der Waals surface area contributed by atoms with Crippen LogP contribution in [0.2, 0.25) is 5.02 Å². The third-order valence-electron chi connectivity index (χ3n) is 5.71. The van der Waals surface area contributed by atoms with E-state index in [1.807, 2.05) is 42.1 Å². The van der Waals surface area contributed by atoms with Crippen LogP contribution < -0.4 is 5.32 Å². The first-order valence-electron chi connectivity index (χ1n) is 10.3. The summed E-state index contributed by atoms with van der Waals surface area (Å²) in [5, 5.41) is 8.99. The molecule has 3 aromatic rings. The Hall–Kier alpha value is -2.57. The van der Waals surface area contributed by atoms with Crippen LogP contribution in [0.25, 0.3) is 0 Å². The molecule has 4 rings (SSSR count). The molecule has 1 aliphatic rings. The Bertz CT molecular complexity index is 1010. The Kier molecular flexibility index (Phi) is 6.25. The number of halogens is 1. The molecule has 1 N–H and O–H groups in total. The zero-order valence-electron chi connectivity index (χ0n) is 17.4. The molecule has 7 heteroatoms. The van der Waals surface area contributed by atoms with Gasteiger partial charge in [-0.2, -0.15) is 5.10 Å². The highest BCUT2D eigenvalue weighted by Gasteiger charge is 2.29. The number of rotatable bonds is 7. The van der Waals surface area contributed by atoms with Crippen molar-refractivity contribution in [3.8, 4) is 0 Å². The van der Waals surface area contributed by atoms with Gasteiger partial charge in [-0.05, 0) is 62.1 Å². The summed E-state index contributed by atoms with van der Waals surface area (Å²) in [5.41, 5.74) is 4.02. The van der Waals surface area contributed by atoms with Gasteiger partial charge in [0.15, 0.2) is 5.69 Å². The Labute approximate surface area is 181 Å². The van der Waals surface area contributed by atoms with Gasteiger partial charge in [0.05, 0.1) is 12.8 Å². The van der Waals surface area contributed by atoms with Crippen LogP contribution in [0.4, 0.5) is 0 Å². The Balaban J connectivity index is 1.40. The van der Waals surface area contributed by atoms with E-state index in [2.05, 4.69) is 16.5 Å². The van der Waals surface area contributed by atoms with E-state index in [0.717, 1.165) is 54.3 Å². The van der Waals surface area contributed by atoms with E-state index in [-0.39, 0.29) is 5.91 Å². The highest BCUT2D eigenvalue weighted by molar-refractivity contribution is 6.30. The number of aryl methyl sites for hydroxylation is 1. The number of aromatic nitrogens is 2. The van der Waals surface area contributed by atoms with Crippen molar-refractivity contribution < 1.29 is 9.21 Å². The lowest BCUT2D eigenvalue weighted by Gasteiger charge is -2.25. The van der Waals surface area contributed by atoms with Crippen LogP contribution in [0.15, 0.2) is 47.1 Å². The van der Waals surface area contributed by atoms with Gasteiger partial charge in [0.1, 0.15) is 5.76 Å². The van der Waals surface area contributed by atoms with Crippen molar-refractivity contribution in [3.05, 3.63) is 76.0 Å². The molecule has 0 fully saturated rings. The van der Waals surface area contributed by atoms with Crippen molar-refractivity contribution in [1.29, 1.82) is 0 Å². The SMILES string of the molecule is CN(Cc1ccco1)C(=O)c1nn(C)c2c1CC(NCCc1cccc(Cl)c1)CC2. The first-order valence-corrected chi connectivity index (χ1v) is 10.7. The number of carbonyl (C=O) groups is 1. The number of hydrogen-bond acceptors (Lipinski definition) is 4. The van der Waals surface area contributed by atoms with Crippen LogP contribution in [0.5, 0.6) is 0 Å². The molecule has 2 aromatic heterocycles. The lowest BCUT2D eigenvalue weighted by atomic mass is 9.91. The Morgan fingerprint density at radius 1 is 1.37 bits per heavy atom. The van der Waals surface area contributed by atoms with Gasteiger partial charge in [0.2, 0.25) is 0 Å². The van der Waals surface area contributed by atoms with E-state index in [1.54, 1.807) is 18.2 Å². The van der Waals surface area contributed by atoms with Crippen LogP contribution in [-0.2, 0) is 32.9 Å². The topological polar surface area (TPSA) is 63.3 Å². The van der Waals surface area contributed by atoms with Crippen molar-refractivity contribution >= 4 is 17.5 Å². The summed E-state index contributed by atoms with van der Waals surface area (Å²) in [4.78, 5) is 14.7. The fourth-order valence-electron chi connectivity index (χ4n) is 4.14. The number of hydrogen-bond donors (Lipinski definition) is 1. The van der Waals surface area contributed by atoms with E-state index in [0.29, 0.717) is 18.3 Å². The zero-order valence-corrected chi connectivity index (χ0v) is 18.2. The summed E-state index contributed by atoms with van der Waals surface area (Å²) in [6, 6.07) is 12.0. The number of carbonyl (C=O) groups excluding carboxylic acids is 1. The minimum atomic E-state index is -0.0668. The first kappa shape index (κ1) is 20.7. The maximum absolute atomic E-state index is 13.1. The molecule has 1 atom stereocenters. The third-order valence-corrected chi connectivity index (χ3v) is 5.95. The lowest BCUT2D eigenvalue weighted by Crippen LogP contribution is -2.37. The smallest absolute Gasteiger partial charge is 0.274 e. The van der Waals surface area contributed by atoms with Crippen LogP contribution in [0.3, 0.4) is 0 Å². The summed E-state index contributed by atoms with van der Waals surface area (Å²) >= 11 is 6.08. The molecular formula is C23H27ClN4O2. The second-order valence-electron chi connectivity index (χ2n) is 7.91. The molecule has 0 radical (unpaired) electrons. The quantitative estimate of drug-likeness (QED) is 0.626. The fraction of sp³-hybridized carbons (Fsp3) is 0.391. The maximum Gasteiger partial charge on any atom is 0.274 e. The maximum atomic E-state index is 13.1. The van der Waals surface area contributed by atoms with Gasteiger partial charge in [0, 0.05) is 36.4 Å². The third kappa shape index (κ3) is 4.60. The molecule has 30 heavy (non-hydrogen) atoms. The van der Waals surface area contributed by atoms with Gasteiger partial charge in [-0.15, -0.1) is 0 Å². The highest BCUT2D eigenvalue weighted by atomic mass is 35.5. The van der Waals surface area contributed by atoms with Crippen LogP contribution in [0, 0.1) is 0 Å². The van der Waals surface area contributed by atoms with Gasteiger partial charge in [-0.25, -0.2) is 0 Å². The summed E-state index contributed by atoms with van der Waals surface area (Å²) in [7, 11) is 3.71. The van der Waals surface area contributed by atoms with Crippen molar-refractivity contribution in [2.45, 2.75) is 38.3 Å². The molecular weight excluding hydrogens is 400 g/mol. The molecule has 1 aromatic carbocycles. The molecule has 0 aliphatic heterocycles.